The Morgan fingerprint density at radius 3 is 2.24 bits per heavy atom. The Morgan fingerprint density at radius 1 is 0.920 bits per heavy atom. The molecule has 1 N–H and O–H groups in total. The number of rotatable bonds is 12. The summed E-state index contributed by atoms with van der Waals surface area (Å²) in [4.78, 5) is 11.5. The van der Waals surface area contributed by atoms with Crippen LogP contribution < -0.4 is 5.32 Å². The molecule has 0 saturated heterocycles. The highest BCUT2D eigenvalue weighted by Gasteiger charge is 2.15. The fourth-order valence-corrected chi connectivity index (χ4v) is 2.47. The first-order chi connectivity index (χ1) is 12.0. The lowest BCUT2D eigenvalue weighted by atomic mass is 10.1. The lowest BCUT2D eigenvalue weighted by Crippen LogP contribution is -2.32. The molecule has 0 aromatic heterocycles. The second kappa shape index (κ2) is 12.8. The van der Waals surface area contributed by atoms with Gasteiger partial charge in [0.1, 0.15) is 5.60 Å². The van der Waals surface area contributed by atoms with Gasteiger partial charge in [0.2, 0.25) is 0 Å². The molecule has 0 atom stereocenters. The summed E-state index contributed by atoms with van der Waals surface area (Å²) in [6.45, 7) is 7.98. The maximum Gasteiger partial charge on any atom is 0.407 e. The molecular weight excluding hydrogens is 314 g/mol. The molecule has 1 amide bonds. The number of aryl methyl sites for hydroxylation is 1. The van der Waals surface area contributed by atoms with E-state index in [1.807, 2.05) is 20.8 Å². The molecule has 0 unspecified atom stereocenters. The number of hydrogen-bond acceptors (Lipinski definition) is 3. The van der Waals surface area contributed by atoms with Gasteiger partial charge < -0.3 is 14.8 Å². The van der Waals surface area contributed by atoms with Crippen LogP contribution in [0.4, 0.5) is 4.79 Å². The number of benzene rings is 1. The molecule has 0 bridgehead atoms. The summed E-state index contributed by atoms with van der Waals surface area (Å²) in [7, 11) is 0. The molecule has 0 radical (unpaired) electrons. The summed E-state index contributed by atoms with van der Waals surface area (Å²) in [5.74, 6) is 0. The molecule has 4 nitrogen and oxygen atoms in total. The molecule has 0 fully saturated rings. The highest BCUT2D eigenvalue weighted by molar-refractivity contribution is 5.67. The lowest BCUT2D eigenvalue weighted by Gasteiger charge is -2.19. The Balaban J connectivity index is 1.81. The van der Waals surface area contributed by atoms with Gasteiger partial charge >= 0.3 is 6.09 Å². The van der Waals surface area contributed by atoms with Crippen LogP contribution in [0.1, 0.15) is 64.9 Å². The molecule has 25 heavy (non-hydrogen) atoms. The Morgan fingerprint density at radius 2 is 1.56 bits per heavy atom. The second-order valence-electron chi connectivity index (χ2n) is 7.40. The number of ether oxygens (including phenoxy) is 2. The van der Waals surface area contributed by atoms with Gasteiger partial charge in [0.15, 0.2) is 0 Å². The highest BCUT2D eigenvalue weighted by atomic mass is 16.6. The summed E-state index contributed by atoms with van der Waals surface area (Å²) in [5.41, 5.74) is 0.977. The summed E-state index contributed by atoms with van der Waals surface area (Å²) in [6.07, 6.45) is 7.42. The van der Waals surface area contributed by atoms with E-state index in [-0.39, 0.29) is 6.09 Å². The quantitative estimate of drug-likeness (QED) is 0.533. The van der Waals surface area contributed by atoms with Crippen molar-refractivity contribution in [2.75, 3.05) is 19.8 Å². The Hall–Kier alpha value is -1.55. The Kier molecular flexibility index (Phi) is 11.0. The Labute approximate surface area is 153 Å². The van der Waals surface area contributed by atoms with E-state index in [9.17, 15) is 4.79 Å². The van der Waals surface area contributed by atoms with Crippen LogP contribution in [0.5, 0.6) is 0 Å². The van der Waals surface area contributed by atoms with Gasteiger partial charge in [0.05, 0.1) is 0 Å². The van der Waals surface area contributed by atoms with Crippen molar-refractivity contribution in [3.8, 4) is 0 Å². The van der Waals surface area contributed by atoms with E-state index in [4.69, 9.17) is 9.47 Å². The van der Waals surface area contributed by atoms with Crippen LogP contribution in [0.2, 0.25) is 0 Å². The van der Waals surface area contributed by atoms with Gasteiger partial charge in [-0.1, -0.05) is 43.2 Å². The van der Waals surface area contributed by atoms with E-state index < -0.39 is 5.60 Å². The number of alkyl carbamates (subject to hydrolysis) is 1. The number of nitrogens with one attached hydrogen (secondary N) is 1. The predicted octanol–water partition coefficient (Wildman–Crippen LogP) is 5.11. The number of carbonyl (C=O) groups excluding carboxylic acids is 1. The molecule has 4 heteroatoms. The van der Waals surface area contributed by atoms with E-state index in [0.717, 1.165) is 51.7 Å². The van der Waals surface area contributed by atoms with Crippen LogP contribution in [-0.4, -0.2) is 31.5 Å². The smallest absolute Gasteiger partial charge is 0.407 e. The summed E-state index contributed by atoms with van der Waals surface area (Å²) < 4.78 is 10.9. The van der Waals surface area contributed by atoms with Crippen LogP contribution in [-0.2, 0) is 15.9 Å². The zero-order chi connectivity index (χ0) is 18.4. The number of unbranched alkanes of at least 4 members (excludes halogenated alkanes) is 4. The van der Waals surface area contributed by atoms with Gasteiger partial charge in [-0.25, -0.2) is 4.79 Å². The summed E-state index contributed by atoms with van der Waals surface area (Å²) >= 11 is 0. The third-order valence-electron chi connectivity index (χ3n) is 3.73. The third-order valence-corrected chi connectivity index (χ3v) is 3.73. The standard InChI is InChI=1S/C21H35NO3/c1-21(2,3)25-20(23)22-16-10-4-5-11-17-24-18-12-9-15-19-13-7-6-8-14-19/h6-8,13-14H,4-5,9-12,15-18H2,1-3H3,(H,22,23). The van der Waals surface area contributed by atoms with E-state index >= 15 is 0 Å². The monoisotopic (exact) mass is 349 g/mol. The predicted molar refractivity (Wildman–Crippen MR) is 103 cm³/mol. The molecule has 0 aliphatic carbocycles. The minimum atomic E-state index is -0.428. The van der Waals surface area contributed by atoms with Crippen molar-refractivity contribution in [2.45, 2.75) is 71.3 Å². The average Bonchev–Trinajstić information content (AvgIpc) is 2.55. The molecule has 1 aromatic rings. The zero-order valence-corrected chi connectivity index (χ0v) is 16.2. The average molecular weight is 350 g/mol. The number of amides is 1. The van der Waals surface area contributed by atoms with Gasteiger partial charge in [-0.3, -0.25) is 0 Å². The topological polar surface area (TPSA) is 47.6 Å². The van der Waals surface area contributed by atoms with Crippen molar-refractivity contribution in [1.29, 1.82) is 0 Å². The molecule has 142 valence electrons. The van der Waals surface area contributed by atoms with Gasteiger partial charge in [-0.15, -0.1) is 0 Å². The largest absolute Gasteiger partial charge is 0.444 e. The van der Waals surface area contributed by atoms with Crippen molar-refractivity contribution in [3.05, 3.63) is 35.9 Å². The van der Waals surface area contributed by atoms with Gasteiger partial charge in [-0.05, 0) is 58.4 Å². The molecule has 0 heterocycles. The van der Waals surface area contributed by atoms with Gasteiger partial charge in [0.25, 0.3) is 0 Å². The summed E-state index contributed by atoms with van der Waals surface area (Å²) in [6, 6.07) is 10.6. The first kappa shape index (κ1) is 21.5. The van der Waals surface area contributed by atoms with Crippen LogP contribution in [0.15, 0.2) is 30.3 Å². The van der Waals surface area contributed by atoms with Crippen molar-refractivity contribution >= 4 is 6.09 Å². The number of carbonyl (C=O) groups is 1. The molecule has 0 aliphatic rings. The van der Waals surface area contributed by atoms with Crippen molar-refractivity contribution in [3.63, 3.8) is 0 Å². The second-order valence-corrected chi connectivity index (χ2v) is 7.40. The van der Waals surface area contributed by atoms with Crippen LogP contribution in [0, 0.1) is 0 Å². The van der Waals surface area contributed by atoms with E-state index in [0.29, 0.717) is 6.54 Å². The minimum Gasteiger partial charge on any atom is -0.444 e. The highest BCUT2D eigenvalue weighted by Crippen LogP contribution is 2.07. The zero-order valence-electron chi connectivity index (χ0n) is 16.2. The fourth-order valence-electron chi connectivity index (χ4n) is 2.47. The Bertz CT molecular complexity index is 454. The molecule has 0 spiro atoms. The SMILES string of the molecule is CC(C)(C)OC(=O)NCCCCCCOCCCCc1ccccc1. The summed E-state index contributed by atoms with van der Waals surface area (Å²) in [5, 5.41) is 2.79. The van der Waals surface area contributed by atoms with Crippen LogP contribution in [0.25, 0.3) is 0 Å². The molecule has 0 aliphatic heterocycles. The molecule has 1 aromatic carbocycles. The van der Waals surface area contributed by atoms with E-state index in [2.05, 4.69) is 35.6 Å². The van der Waals surface area contributed by atoms with E-state index in [1.165, 1.54) is 12.0 Å². The normalized spacial score (nSPS) is 11.3. The van der Waals surface area contributed by atoms with E-state index in [1.54, 1.807) is 0 Å². The maximum atomic E-state index is 11.5. The first-order valence-electron chi connectivity index (χ1n) is 9.56. The first-order valence-corrected chi connectivity index (χ1v) is 9.56. The van der Waals surface area contributed by atoms with Crippen LogP contribution in [0.3, 0.4) is 0 Å². The van der Waals surface area contributed by atoms with Crippen LogP contribution >= 0.6 is 0 Å². The molecule has 1 rings (SSSR count). The fraction of sp³-hybridized carbons (Fsp3) is 0.667. The lowest BCUT2D eigenvalue weighted by molar-refractivity contribution is 0.0526. The number of hydrogen-bond donors (Lipinski definition) is 1. The molecular formula is C21H35NO3. The van der Waals surface area contributed by atoms with Crippen molar-refractivity contribution < 1.29 is 14.3 Å². The molecule has 0 saturated carbocycles. The van der Waals surface area contributed by atoms with Crippen molar-refractivity contribution in [2.24, 2.45) is 0 Å². The van der Waals surface area contributed by atoms with Gasteiger partial charge in [0, 0.05) is 19.8 Å². The minimum absolute atomic E-state index is 0.327. The third kappa shape index (κ3) is 13.4. The van der Waals surface area contributed by atoms with Crippen molar-refractivity contribution in [1.82, 2.24) is 5.32 Å². The van der Waals surface area contributed by atoms with Gasteiger partial charge in [-0.2, -0.15) is 0 Å². The maximum absolute atomic E-state index is 11.5.